The molecule has 0 aromatic carbocycles. The number of hydrogen-bond acceptors (Lipinski definition) is 2. The minimum Gasteiger partial charge on any atom is -0.396 e. The molecule has 0 amide bonds. The van der Waals surface area contributed by atoms with Crippen molar-refractivity contribution < 1.29 is 5.11 Å². The van der Waals surface area contributed by atoms with Crippen molar-refractivity contribution in [3.05, 3.63) is 11.5 Å². The van der Waals surface area contributed by atoms with Crippen molar-refractivity contribution in [2.75, 3.05) is 12.4 Å². The van der Waals surface area contributed by atoms with Gasteiger partial charge in [-0.3, -0.25) is 0 Å². The summed E-state index contributed by atoms with van der Waals surface area (Å²) in [5, 5.41) is 10.7. The van der Waals surface area contributed by atoms with Gasteiger partial charge in [-0.25, -0.2) is 0 Å². The predicted molar refractivity (Wildman–Crippen MR) is 62.1 cm³/mol. The van der Waals surface area contributed by atoms with E-state index in [4.69, 9.17) is 5.11 Å². The maximum absolute atomic E-state index is 8.53. The molecule has 0 unspecified atom stereocenters. The number of allylic oxidation sites excluding steroid dienone is 1. The largest absolute Gasteiger partial charge is 0.396 e. The molecule has 13 heavy (non-hydrogen) atoms. The van der Waals surface area contributed by atoms with Gasteiger partial charge >= 0.3 is 0 Å². The Hall–Kier alpha value is 0.0500. The van der Waals surface area contributed by atoms with E-state index in [2.05, 4.69) is 18.4 Å². The maximum atomic E-state index is 8.53. The average Bonchev–Trinajstić information content (AvgIpc) is 2.16. The van der Waals surface area contributed by atoms with E-state index in [9.17, 15) is 0 Å². The van der Waals surface area contributed by atoms with Crippen LogP contribution in [0.15, 0.2) is 11.5 Å². The molecule has 0 rings (SSSR count). The zero-order valence-electron chi connectivity index (χ0n) is 8.67. The van der Waals surface area contributed by atoms with Crippen LogP contribution < -0.4 is 0 Å². The Labute approximate surface area is 86.6 Å². The van der Waals surface area contributed by atoms with E-state index in [0.29, 0.717) is 6.61 Å². The first kappa shape index (κ1) is 13.1. The van der Waals surface area contributed by atoms with Crippen LogP contribution in [-0.2, 0) is 0 Å². The van der Waals surface area contributed by atoms with Crippen molar-refractivity contribution in [3.8, 4) is 0 Å². The minimum absolute atomic E-state index is 0.311. The van der Waals surface area contributed by atoms with Crippen LogP contribution in [0.3, 0.4) is 0 Å². The molecule has 2 heteroatoms. The molecule has 0 heterocycles. The number of hydrogen-bond donors (Lipinski definition) is 1. The van der Waals surface area contributed by atoms with Gasteiger partial charge in [0, 0.05) is 6.61 Å². The molecule has 0 saturated heterocycles. The molecule has 0 aliphatic carbocycles. The standard InChI is InChI=1S/C11H22OS/c1-2-3-4-7-10-13-11-8-5-6-9-12/h8,11-12H,2-7,9-10H2,1H3/b11-8-. The molecule has 0 spiro atoms. The first-order valence-electron chi connectivity index (χ1n) is 5.29. The van der Waals surface area contributed by atoms with Gasteiger partial charge in [-0.1, -0.05) is 32.3 Å². The summed E-state index contributed by atoms with van der Waals surface area (Å²) in [6.07, 6.45) is 9.45. The van der Waals surface area contributed by atoms with Gasteiger partial charge in [0.05, 0.1) is 0 Å². The minimum atomic E-state index is 0.311. The highest BCUT2D eigenvalue weighted by Gasteiger charge is 1.86. The lowest BCUT2D eigenvalue weighted by Crippen LogP contribution is -1.79. The zero-order chi connectivity index (χ0) is 9.78. The van der Waals surface area contributed by atoms with Gasteiger partial charge in [-0.15, -0.1) is 11.8 Å². The van der Waals surface area contributed by atoms with Crippen LogP contribution in [0.1, 0.15) is 45.4 Å². The first-order chi connectivity index (χ1) is 6.41. The molecule has 1 nitrogen and oxygen atoms in total. The summed E-state index contributed by atoms with van der Waals surface area (Å²) in [5.41, 5.74) is 0. The van der Waals surface area contributed by atoms with Crippen LogP contribution in [0.25, 0.3) is 0 Å². The maximum Gasteiger partial charge on any atom is 0.0433 e. The lowest BCUT2D eigenvalue weighted by atomic mass is 10.2. The topological polar surface area (TPSA) is 20.2 Å². The van der Waals surface area contributed by atoms with Crippen molar-refractivity contribution in [1.82, 2.24) is 0 Å². The molecule has 0 aromatic heterocycles. The van der Waals surface area contributed by atoms with Crippen LogP contribution in [0.2, 0.25) is 0 Å². The number of aliphatic hydroxyl groups is 1. The van der Waals surface area contributed by atoms with E-state index >= 15 is 0 Å². The van der Waals surface area contributed by atoms with E-state index < -0.39 is 0 Å². The fourth-order valence-corrected chi connectivity index (χ4v) is 1.80. The number of aliphatic hydroxyl groups excluding tert-OH is 1. The first-order valence-corrected chi connectivity index (χ1v) is 6.34. The lowest BCUT2D eigenvalue weighted by molar-refractivity contribution is 0.289. The molecule has 0 aliphatic rings. The van der Waals surface area contributed by atoms with E-state index in [1.807, 2.05) is 11.8 Å². The summed E-state index contributed by atoms with van der Waals surface area (Å²) in [4.78, 5) is 0. The summed E-state index contributed by atoms with van der Waals surface area (Å²) < 4.78 is 0. The molecule has 0 saturated carbocycles. The van der Waals surface area contributed by atoms with Crippen LogP contribution >= 0.6 is 11.8 Å². The smallest absolute Gasteiger partial charge is 0.0433 e. The zero-order valence-corrected chi connectivity index (χ0v) is 9.48. The molecule has 0 radical (unpaired) electrons. The Morgan fingerprint density at radius 2 is 2.00 bits per heavy atom. The number of unbranched alkanes of at least 4 members (excludes halogenated alkanes) is 4. The second kappa shape index (κ2) is 12.0. The Kier molecular flexibility index (Phi) is 12.1. The van der Waals surface area contributed by atoms with Crippen LogP contribution in [0.4, 0.5) is 0 Å². The third-order valence-corrected chi connectivity index (χ3v) is 2.75. The Balaban J connectivity index is 2.93. The third kappa shape index (κ3) is 12.1. The van der Waals surface area contributed by atoms with Crippen molar-refractivity contribution in [1.29, 1.82) is 0 Å². The summed E-state index contributed by atoms with van der Waals surface area (Å²) in [5.74, 6) is 1.25. The molecule has 0 aliphatic heterocycles. The fraction of sp³-hybridized carbons (Fsp3) is 0.818. The monoisotopic (exact) mass is 202 g/mol. The van der Waals surface area contributed by atoms with Crippen molar-refractivity contribution in [3.63, 3.8) is 0 Å². The molecule has 1 N–H and O–H groups in total. The molecule has 78 valence electrons. The molecule has 0 bridgehead atoms. The van der Waals surface area contributed by atoms with E-state index in [1.54, 1.807) is 0 Å². The van der Waals surface area contributed by atoms with Gasteiger partial charge in [-0.2, -0.15) is 0 Å². The summed E-state index contributed by atoms with van der Waals surface area (Å²) in [6, 6.07) is 0. The summed E-state index contributed by atoms with van der Waals surface area (Å²) in [7, 11) is 0. The highest BCUT2D eigenvalue weighted by molar-refractivity contribution is 8.02. The van der Waals surface area contributed by atoms with Gasteiger partial charge in [0.1, 0.15) is 0 Å². The van der Waals surface area contributed by atoms with Gasteiger partial charge < -0.3 is 5.11 Å². The number of thioether (sulfide) groups is 1. The van der Waals surface area contributed by atoms with Crippen molar-refractivity contribution in [2.45, 2.75) is 45.4 Å². The fourth-order valence-electron chi connectivity index (χ4n) is 1.03. The molecule has 0 aromatic rings. The van der Waals surface area contributed by atoms with E-state index in [0.717, 1.165) is 12.8 Å². The quantitative estimate of drug-likeness (QED) is 0.577. The Morgan fingerprint density at radius 1 is 1.15 bits per heavy atom. The van der Waals surface area contributed by atoms with Crippen LogP contribution in [0.5, 0.6) is 0 Å². The van der Waals surface area contributed by atoms with Gasteiger partial charge in [0.15, 0.2) is 0 Å². The Bertz CT molecular complexity index is 113. The summed E-state index contributed by atoms with van der Waals surface area (Å²) >= 11 is 1.89. The predicted octanol–water partition coefficient (Wildman–Crippen LogP) is 3.59. The van der Waals surface area contributed by atoms with Gasteiger partial charge in [0.25, 0.3) is 0 Å². The third-order valence-electron chi connectivity index (χ3n) is 1.84. The molecule has 0 atom stereocenters. The van der Waals surface area contributed by atoms with E-state index in [1.165, 1.54) is 31.4 Å². The molecule has 0 fully saturated rings. The second-order valence-corrected chi connectivity index (χ2v) is 4.18. The molecular formula is C11H22OS. The lowest BCUT2D eigenvalue weighted by Gasteiger charge is -1.95. The second-order valence-electron chi connectivity index (χ2n) is 3.17. The number of rotatable bonds is 9. The van der Waals surface area contributed by atoms with Crippen LogP contribution in [-0.4, -0.2) is 17.5 Å². The Morgan fingerprint density at radius 3 is 2.69 bits per heavy atom. The normalized spacial score (nSPS) is 11.2. The summed E-state index contributed by atoms with van der Waals surface area (Å²) in [6.45, 7) is 2.55. The van der Waals surface area contributed by atoms with Gasteiger partial charge in [-0.05, 0) is 30.4 Å². The average molecular weight is 202 g/mol. The van der Waals surface area contributed by atoms with Crippen LogP contribution in [0, 0.1) is 0 Å². The molecular weight excluding hydrogens is 180 g/mol. The highest BCUT2D eigenvalue weighted by atomic mass is 32.2. The SMILES string of the molecule is CCCCCCS/C=C\CCCO. The van der Waals surface area contributed by atoms with E-state index in [-0.39, 0.29) is 0 Å². The van der Waals surface area contributed by atoms with Gasteiger partial charge in [0.2, 0.25) is 0 Å². The highest BCUT2D eigenvalue weighted by Crippen LogP contribution is 2.09. The van der Waals surface area contributed by atoms with Crippen molar-refractivity contribution >= 4 is 11.8 Å². The van der Waals surface area contributed by atoms with Crippen molar-refractivity contribution in [2.24, 2.45) is 0 Å².